The fraction of sp³-hybridized carbons (Fsp3) is 0.263. The predicted molar refractivity (Wildman–Crippen MR) is 110 cm³/mol. The SMILES string of the molecule is CCn1c(Cc2ccccc2)nnc1SCC(=O)NC(=O)NCc1cccs1. The van der Waals surface area contributed by atoms with Crippen molar-refractivity contribution >= 4 is 35.0 Å². The first-order chi connectivity index (χ1) is 13.7. The first-order valence-corrected chi connectivity index (χ1v) is 10.7. The molecule has 2 N–H and O–H groups in total. The van der Waals surface area contributed by atoms with Gasteiger partial charge in [-0.05, 0) is 23.9 Å². The van der Waals surface area contributed by atoms with Crippen LogP contribution in [0.5, 0.6) is 0 Å². The molecule has 0 aliphatic carbocycles. The average molecular weight is 416 g/mol. The molecule has 0 saturated heterocycles. The van der Waals surface area contributed by atoms with Gasteiger partial charge in [-0.15, -0.1) is 21.5 Å². The minimum absolute atomic E-state index is 0.0931. The number of hydrogen-bond donors (Lipinski definition) is 2. The van der Waals surface area contributed by atoms with E-state index in [-0.39, 0.29) is 11.7 Å². The number of benzene rings is 1. The molecule has 146 valence electrons. The molecule has 28 heavy (non-hydrogen) atoms. The topological polar surface area (TPSA) is 88.9 Å². The molecule has 3 rings (SSSR count). The maximum absolute atomic E-state index is 12.0. The maximum atomic E-state index is 12.0. The van der Waals surface area contributed by atoms with Gasteiger partial charge >= 0.3 is 6.03 Å². The molecule has 0 aliphatic heterocycles. The zero-order valence-electron chi connectivity index (χ0n) is 15.4. The second kappa shape index (κ2) is 10.0. The number of carbonyl (C=O) groups excluding carboxylic acids is 2. The van der Waals surface area contributed by atoms with Crippen LogP contribution < -0.4 is 10.6 Å². The van der Waals surface area contributed by atoms with Gasteiger partial charge in [-0.2, -0.15) is 0 Å². The van der Waals surface area contributed by atoms with Crippen LogP contribution in [0.25, 0.3) is 0 Å². The number of carbonyl (C=O) groups is 2. The smallest absolute Gasteiger partial charge is 0.321 e. The van der Waals surface area contributed by atoms with Crippen molar-refractivity contribution in [2.45, 2.75) is 31.6 Å². The molecule has 3 amide bonds. The molecular weight excluding hydrogens is 394 g/mol. The van der Waals surface area contributed by atoms with Crippen molar-refractivity contribution in [1.82, 2.24) is 25.4 Å². The Morgan fingerprint density at radius 2 is 1.96 bits per heavy atom. The lowest BCUT2D eigenvalue weighted by Crippen LogP contribution is -2.39. The molecule has 0 fully saturated rings. The van der Waals surface area contributed by atoms with Gasteiger partial charge in [-0.1, -0.05) is 48.2 Å². The summed E-state index contributed by atoms with van der Waals surface area (Å²) in [5.74, 6) is 0.574. The van der Waals surface area contributed by atoms with Crippen LogP contribution in [0.1, 0.15) is 23.2 Å². The molecule has 0 spiro atoms. The van der Waals surface area contributed by atoms with E-state index < -0.39 is 6.03 Å². The zero-order chi connectivity index (χ0) is 19.8. The quantitative estimate of drug-likeness (QED) is 0.552. The van der Waals surface area contributed by atoms with Crippen molar-refractivity contribution in [1.29, 1.82) is 0 Å². The Hall–Kier alpha value is -2.65. The van der Waals surface area contributed by atoms with Gasteiger partial charge in [0.15, 0.2) is 5.16 Å². The average Bonchev–Trinajstić information content (AvgIpc) is 3.35. The molecule has 2 aromatic heterocycles. The number of hydrogen-bond acceptors (Lipinski definition) is 6. The minimum Gasteiger partial charge on any atom is -0.333 e. The fourth-order valence-electron chi connectivity index (χ4n) is 2.57. The van der Waals surface area contributed by atoms with Gasteiger partial charge in [-0.25, -0.2) is 4.79 Å². The standard InChI is InChI=1S/C19H21N5O2S2/c1-2-24-16(11-14-7-4-3-5-8-14)22-23-19(24)28-13-17(25)21-18(26)20-12-15-9-6-10-27-15/h3-10H,2,11-13H2,1H3,(H2,20,21,25,26). The van der Waals surface area contributed by atoms with E-state index in [1.54, 1.807) is 11.3 Å². The highest BCUT2D eigenvalue weighted by molar-refractivity contribution is 7.99. The molecule has 9 heteroatoms. The highest BCUT2D eigenvalue weighted by Crippen LogP contribution is 2.18. The van der Waals surface area contributed by atoms with Crippen LogP contribution in [0.4, 0.5) is 4.79 Å². The molecular formula is C19H21N5O2S2. The third-order valence-electron chi connectivity index (χ3n) is 3.90. The summed E-state index contributed by atoms with van der Waals surface area (Å²) in [4.78, 5) is 24.9. The molecule has 0 radical (unpaired) electrons. The van der Waals surface area contributed by atoms with Gasteiger partial charge in [-0.3, -0.25) is 10.1 Å². The first-order valence-electron chi connectivity index (χ1n) is 8.84. The van der Waals surface area contributed by atoms with E-state index in [4.69, 9.17) is 0 Å². The van der Waals surface area contributed by atoms with Crippen LogP contribution in [-0.2, 0) is 24.3 Å². The van der Waals surface area contributed by atoms with Crippen molar-refractivity contribution < 1.29 is 9.59 Å². The lowest BCUT2D eigenvalue weighted by atomic mass is 10.1. The van der Waals surface area contributed by atoms with Crippen LogP contribution >= 0.6 is 23.1 Å². The second-order valence-corrected chi connectivity index (χ2v) is 7.88. The van der Waals surface area contributed by atoms with Crippen LogP contribution in [0.3, 0.4) is 0 Å². The van der Waals surface area contributed by atoms with Crippen LogP contribution in [-0.4, -0.2) is 32.5 Å². The van der Waals surface area contributed by atoms with Gasteiger partial charge in [0, 0.05) is 17.8 Å². The molecule has 2 heterocycles. The van der Waals surface area contributed by atoms with E-state index in [0.717, 1.165) is 16.3 Å². The summed E-state index contributed by atoms with van der Waals surface area (Å²) in [5.41, 5.74) is 1.15. The summed E-state index contributed by atoms with van der Waals surface area (Å²) in [6.07, 6.45) is 0.680. The molecule has 1 aromatic carbocycles. The largest absolute Gasteiger partial charge is 0.333 e. The summed E-state index contributed by atoms with van der Waals surface area (Å²) in [6.45, 7) is 3.12. The number of imide groups is 1. The van der Waals surface area contributed by atoms with Crippen LogP contribution in [0.2, 0.25) is 0 Å². The van der Waals surface area contributed by atoms with Crippen molar-refractivity contribution in [3.05, 3.63) is 64.1 Å². The van der Waals surface area contributed by atoms with Gasteiger partial charge in [0.1, 0.15) is 5.82 Å². The highest BCUT2D eigenvalue weighted by atomic mass is 32.2. The van der Waals surface area contributed by atoms with Gasteiger partial charge in [0.2, 0.25) is 5.91 Å². The fourth-order valence-corrected chi connectivity index (χ4v) is 4.04. The van der Waals surface area contributed by atoms with Crippen LogP contribution in [0, 0.1) is 0 Å². The second-order valence-electron chi connectivity index (χ2n) is 5.90. The normalized spacial score (nSPS) is 10.6. The third kappa shape index (κ3) is 5.67. The van der Waals surface area contributed by atoms with Gasteiger partial charge in [0.05, 0.1) is 12.3 Å². The number of rotatable bonds is 8. The number of urea groups is 1. The Kier molecular flexibility index (Phi) is 7.21. The van der Waals surface area contributed by atoms with E-state index in [1.807, 2.05) is 59.3 Å². The monoisotopic (exact) mass is 415 g/mol. The molecule has 0 aliphatic rings. The Labute approximate surface area is 171 Å². The molecule has 7 nitrogen and oxygen atoms in total. The van der Waals surface area contributed by atoms with Crippen molar-refractivity contribution in [3.63, 3.8) is 0 Å². The lowest BCUT2D eigenvalue weighted by molar-refractivity contribution is -0.117. The predicted octanol–water partition coefficient (Wildman–Crippen LogP) is 3.07. The Balaban J connectivity index is 1.49. The van der Waals surface area contributed by atoms with Crippen molar-refractivity contribution in [2.24, 2.45) is 0 Å². The Morgan fingerprint density at radius 3 is 2.68 bits per heavy atom. The van der Waals surface area contributed by atoms with Gasteiger partial charge in [0.25, 0.3) is 0 Å². The van der Waals surface area contributed by atoms with Crippen molar-refractivity contribution in [2.75, 3.05) is 5.75 Å². The number of thioether (sulfide) groups is 1. The Morgan fingerprint density at radius 1 is 1.14 bits per heavy atom. The first kappa shape index (κ1) is 20.1. The molecule has 0 saturated carbocycles. The number of thiophene rings is 1. The summed E-state index contributed by atoms with van der Waals surface area (Å²) >= 11 is 2.82. The van der Waals surface area contributed by atoms with Crippen LogP contribution in [0.15, 0.2) is 53.0 Å². The highest BCUT2D eigenvalue weighted by Gasteiger charge is 2.14. The van der Waals surface area contributed by atoms with E-state index in [9.17, 15) is 9.59 Å². The lowest BCUT2D eigenvalue weighted by Gasteiger charge is -2.08. The number of nitrogens with zero attached hydrogens (tertiary/aromatic N) is 3. The van der Waals surface area contributed by atoms with E-state index in [1.165, 1.54) is 11.8 Å². The van der Waals surface area contributed by atoms with Crippen molar-refractivity contribution in [3.8, 4) is 0 Å². The zero-order valence-corrected chi connectivity index (χ0v) is 17.1. The number of amides is 3. The molecule has 0 unspecified atom stereocenters. The molecule has 0 atom stereocenters. The van der Waals surface area contributed by atoms with E-state index in [0.29, 0.717) is 24.7 Å². The third-order valence-corrected chi connectivity index (χ3v) is 5.75. The van der Waals surface area contributed by atoms with Gasteiger partial charge < -0.3 is 9.88 Å². The molecule has 3 aromatic rings. The number of aromatic nitrogens is 3. The summed E-state index contributed by atoms with van der Waals surface area (Å²) in [5, 5.41) is 16.1. The summed E-state index contributed by atoms with van der Waals surface area (Å²) in [7, 11) is 0. The number of nitrogens with one attached hydrogen (secondary N) is 2. The maximum Gasteiger partial charge on any atom is 0.321 e. The Bertz CT molecular complexity index is 910. The van der Waals surface area contributed by atoms with E-state index >= 15 is 0 Å². The minimum atomic E-state index is -0.499. The summed E-state index contributed by atoms with van der Waals surface area (Å²) < 4.78 is 1.99. The van der Waals surface area contributed by atoms with E-state index in [2.05, 4.69) is 20.8 Å². The summed E-state index contributed by atoms with van der Waals surface area (Å²) in [6, 6.07) is 13.4. The molecule has 0 bridgehead atoms.